The molecule has 3 rings (SSSR count). The third kappa shape index (κ3) is 3.63. The van der Waals surface area contributed by atoms with Crippen LogP contribution in [0.3, 0.4) is 0 Å². The first-order chi connectivity index (χ1) is 11.6. The van der Waals surface area contributed by atoms with Gasteiger partial charge in [-0.1, -0.05) is 18.2 Å². The molecule has 1 heterocycles. The minimum Gasteiger partial charge on any atom is -0.504 e. The lowest BCUT2D eigenvalue weighted by Gasteiger charge is -2.03. The summed E-state index contributed by atoms with van der Waals surface area (Å²) < 4.78 is 5.93. The summed E-state index contributed by atoms with van der Waals surface area (Å²) in [7, 11) is 1.48. The van der Waals surface area contributed by atoms with Gasteiger partial charge in [0.2, 0.25) is 0 Å². The Morgan fingerprint density at radius 3 is 2.83 bits per heavy atom. The van der Waals surface area contributed by atoms with Crippen molar-refractivity contribution in [2.24, 2.45) is 4.99 Å². The summed E-state index contributed by atoms with van der Waals surface area (Å²) in [5.74, 6) is 0.201. The molecule has 24 heavy (non-hydrogen) atoms. The van der Waals surface area contributed by atoms with Crippen LogP contribution < -0.4 is 10.1 Å². The molecule has 0 saturated carbocycles. The van der Waals surface area contributed by atoms with E-state index in [-0.39, 0.29) is 11.7 Å². The molecule has 0 atom stereocenters. The number of carbonyl (C=O) groups excluding carboxylic acids is 1. The first kappa shape index (κ1) is 16.6. The third-order valence-corrected chi connectivity index (χ3v) is 4.81. The summed E-state index contributed by atoms with van der Waals surface area (Å²) in [5.41, 5.74) is 1.50. The van der Waals surface area contributed by atoms with Crippen LogP contribution in [-0.4, -0.2) is 23.3 Å². The predicted molar refractivity (Wildman–Crippen MR) is 99.6 cm³/mol. The molecular weight excluding hydrogens is 392 g/mol. The van der Waals surface area contributed by atoms with Gasteiger partial charge in [0.25, 0.3) is 5.91 Å². The molecule has 5 nitrogen and oxygen atoms in total. The number of aliphatic imine (C=N–C) groups is 1. The van der Waals surface area contributed by atoms with Gasteiger partial charge in [0.05, 0.1) is 17.7 Å². The third-order valence-electron chi connectivity index (χ3n) is 3.23. The van der Waals surface area contributed by atoms with E-state index in [0.717, 1.165) is 15.7 Å². The van der Waals surface area contributed by atoms with Gasteiger partial charge in [0.15, 0.2) is 16.7 Å². The van der Waals surface area contributed by atoms with E-state index in [9.17, 15) is 9.90 Å². The van der Waals surface area contributed by atoms with E-state index in [0.29, 0.717) is 15.8 Å². The number of nitrogens with zero attached hydrogens (tertiary/aromatic N) is 1. The molecule has 0 unspecified atom stereocenters. The smallest absolute Gasteiger partial charge is 0.264 e. The van der Waals surface area contributed by atoms with Gasteiger partial charge in [-0.05, 0) is 63.6 Å². The first-order valence-corrected chi connectivity index (χ1v) is 8.59. The largest absolute Gasteiger partial charge is 0.504 e. The molecule has 0 spiro atoms. The topological polar surface area (TPSA) is 70.9 Å². The van der Waals surface area contributed by atoms with E-state index >= 15 is 0 Å². The Labute approximate surface area is 151 Å². The highest BCUT2D eigenvalue weighted by Gasteiger charge is 2.24. The van der Waals surface area contributed by atoms with Gasteiger partial charge < -0.3 is 15.2 Å². The standard InChI is InChI=1S/C17H13BrN2O3S/c1-23-14-8-10(6-7-13(14)21)9-15-16(22)20-17(24-15)19-12-5-3-2-4-11(12)18/h2-9,21H,1H3,(H,19,20,22). The van der Waals surface area contributed by atoms with Gasteiger partial charge >= 0.3 is 0 Å². The molecule has 1 aliphatic heterocycles. The molecule has 1 amide bonds. The number of aromatic hydroxyl groups is 1. The van der Waals surface area contributed by atoms with Crippen molar-refractivity contribution in [1.82, 2.24) is 5.32 Å². The summed E-state index contributed by atoms with van der Waals surface area (Å²) in [6.45, 7) is 0. The van der Waals surface area contributed by atoms with Crippen LogP contribution in [-0.2, 0) is 4.79 Å². The molecule has 1 saturated heterocycles. The zero-order chi connectivity index (χ0) is 17.1. The van der Waals surface area contributed by atoms with E-state index < -0.39 is 0 Å². The highest BCUT2D eigenvalue weighted by Crippen LogP contribution is 2.32. The summed E-state index contributed by atoms with van der Waals surface area (Å²) in [5, 5.41) is 12.9. The monoisotopic (exact) mass is 404 g/mol. The SMILES string of the molecule is COc1cc(C=C2SC(=Nc3ccccc3Br)NC2=O)ccc1O. The van der Waals surface area contributed by atoms with E-state index in [1.165, 1.54) is 24.9 Å². The van der Waals surface area contributed by atoms with Crippen molar-refractivity contribution in [1.29, 1.82) is 0 Å². The second-order valence-corrected chi connectivity index (χ2v) is 6.75. The number of carbonyl (C=O) groups is 1. The van der Waals surface area contributed by atoms with Gasteiger partial charge in [-0.2, -0.15) is 0 Å². The van der Waals surface area contributed by atoms with Crippen LogP contribution in [0.1, 0.15) is 5.56 Å². The molecule has 1 fully saturated rings. The van der Waals surface area contributed by atoms with E-state index in [2.05, 4.69) is 26.2 Å². The second-order valence-electron chi connectivity index (χ2n) is 4.86. The number of amides is 1. The number of ether oxygens (including phenoxy) is 1. The second kappa shape index (κ2) is 7.11. The Balaban J connectivity index is 1.86. The number of phenols is 1. The lowest BCUT2D eigenvalue weighted by Crippen LogP contribution is -2.19. The maximum atomic E-state index is 12.1. The number of halogens is 1. The Morgan fingerprint density at radius 2 is 2.08 bits per heavy atom. The number of thioether (sulfide) groups is 1. The number of para-hydroxylation sites is 1. The van der Waals surface area contributed by atoms with Crippen LogP contribution in [0.15, 0.2) is 56.8 Å². The van der Waals surface area contributed by atoms with Gasteiger partial charge in [0.1, 0.15) is 0 Å². The first-order valence-electron chi connectivity index (χ1n) is 6.98. The quantitative estimate of drug-likeness (QED) is 0.756. The minimum absolute atomic E-state index is 0.0550. The van der Waals surface area contributed by atoms with Crippen molar-refractivity contribution in [3.05, 3.63) is 57.4 Å². The summed E-state index contributed by atoms with van der Waals surface area (Å²) >= 11 is 4.69. The number of phenolic OH excluding ortho intramolecular Hbond substituents is 1. The molecule has 0 radical (unpaired) electrons. The van der Waals surface area contributed by atoms with E-state index in [4.69, 9.17) is 4.74 Å². The van der Waals surface area contributed by atoms with Crippen molar-refractivity contribution in [3.8, 4) is 11.5 Å². The number of hydrogen-bond acceptors (Lipinski definition) is 5. The molecule has 1 aliphatic rings. The van der Waals surface area contributed by atoms with Crippen LogP contribution in [0, 0.1) is 0 Å². The van der Waals surface area contributed by atoms with E-state index in [1.807, 2.05) is 24.3 Å². The fourth-order valence-electron chi connectivity index (χ4n) is 2.07. The summed E-state index contributed by atoms with van der Waals surface area (Å²) in [6.07, 6.45) is 1.73. The molecule has 0 bridgehead atoms. The predicted octanol–water partition coefficient (Wildman–Crippen LogP) is 4.05. The normalized spacial score (nSPS) is 17.3. The molecule has 0 aromatic heterocycles. The molecule has 122 valence electrons. The molecule has 2 N–H and O–H groups in total. The zero-order valence-corrected chi connectivity index (χ0v) is 15.0. The van der Waals surface area contributed by atoms with Crippen LogP contribution in [0.25, 0.3) is 6.08 Å². The Hall–Kier alpha value is -2.25. The van der Waals surface area contributed by atoms with Gasteiger partial charge in [-0.3, -0.25) is 4.79 Å². The Kier molecular flexibility index (Phi) is 4.92. The number of nitrogens with one attached hydrogen (secondary N) is 1. The van der Waals surface area contributed by atoms with Crippen LogP contribution in [0.4, 0.5) is 5.69 Å². The maximum Gasteiger partial charge on any atom is 0.264 e. The van der Waals surface area contributed by atoms with Crippen LogP contribution in [0.2, 0.25) is 0 Å². The van der Waals surface area contributed by atoms with E-state index in [1.54, 1.807) is 18.2 Å². The van der Waals surface area contributed by atoms with Gasteiger partial charge in [0, 0.05) is 4.47 Å². The molecule has 7 heteroatoms. The van der Waals surface area contributed by atoms with Crippen molar-refractivity contribution in [2.45, 2.75) is 0 Å². The van der Waals surface area contributed by atoms with Crippen LogP contribution in [0.5, 0.6) is 11.5 Å². The highest BCUT2D eigenvalue weighted by molar-refractivity contribution is 9.10. The average Bonchev–Trinajstić information content (AvgIpc) is 2.91. The number of rotatable bonds is 3. The molecule has 0 aliphatic carbocycles. The van der Waals surface area contributed by atoms with Gasteiger partial charge in [-0.25, -0.2) is 4.99 Å². The summed E-state index contributed by atoms with van der Waals surface area (Å²) in [4.78, 5) is 17.1. The number of hydrogen-bond donors (Lipinski definition) is 2. The number of methoxy groups -OCH3 is 1. The number of amidine groups is 1. The fraction of sp³-hybridized carbons (Fsp3) is 0.0588. The van der Waals surface area contributed by atoms with Crippen molar-refractivity contribution >= 4 is 50.5 Å². The molecule has 2 aromatic rings. The number of benzene rings is 2. The zero-order valence-electron chi connectivity index (χ0n) is 12.6. The summed E-state index contributed by atoms with van der Waals surface area (Å²) in [6, 6.07) is 12.4. The van der Waals surface area contributed by atoms with Gasteiger partial charge in [-0.15, -0.1) is 0 Å². The fourth-order valence-corrected chi connectivity index (χ4v) is 3.28. The molecule has 2 aromatic carbocycles. The van der Waals surface area contributed by atoms with Crippen LogP contribution >= 0.6 is 27.7 Å². The Bertz CT molecular complexity index is 865. The maximum absolute atomic E-state index is 12.1. The van der Waals surface area contributed by atoms with Crippen molar-refractivity contribution < 1.29 is 14.6 Å². The van der Waals surface area contributed by atoms with Crippen molar-refractivity contribution in [3.63, 3.8) is 0 Å². The van der Waals surface area contributed by atoms with Crippen molar-refractivity contribution in [2.75, 3.05) is 7.11 Å². The Morgan fingerprint density at radius 1 is 1.29 bits per heavy atom. The lowest BCUT2D eigenvalue weighted by molar-refractivity contribution is -0.115. The highest BCUT2D eigenvalue weighted by atomic mass is 79.9. The minimum atomic E-state index is -0.210. The molecular formula is C17H13BrN2O3S. The average molecular weight is 405 g/mol. The lowest BCUT2D eigenvalue weighted by atomic mass is 10.2.